The van der Waals surface area contributed by atoms with Crippen LogP contribution in [-0.2, 0) is 4.74 Å². The van der Waals surface area contributed by atoms with Crippen LogP contribution >= 0.6 is 0 Å². The van der Waals surface area contributed by atoms with Gasteiger partial charge in [-0.1, -0.05) is 48.5 Å². The van der Waals surface area contributed by atoms with E-state index in [1.807, 2.05) is 0 Å². The van der Waals surface area contributed by atoms with E-state index < -0.39 is 0 Å². The third-order valence-corrected chi connectivity index (χ3v) is 4.67. The lowest BCUT2D eigenvalue weighted by Crippen LogP contribution is -2.36. The first kappa shape index (κ1) is 14.3. The van der Waals surface area contributed by atoms with Crippen molar-refractivity contribution < 1.29 is 4.74 Å². The number of morpholine rings is 1. The fourth-order valence-electron chi connectivity index (χ4n) is 3.43. The molecule has 23 heavy (non-hydrogen) atoms. The minimum Gasteiger partial charge on any atom is -0.378 e. The topological polar surface area (TPSA) is 12.5 Å². The monoisotopic (exact) mass is 303 g/mol. The van der Waals surface area contributed by atoms with Gasteiger partial charge >= 0.3 is 0 Å². The second-order valence-corrected chi connectivity index (χ2v) is 6.13. The van der Waals surface area contributed by atoms with Gasteiger partial charge in [-0.3, -0.25) is 0 Å². The predicted molar refractivity (Wildman–Crippen MR) is 97.2 cm³/mol. The molecule has 0 bridgehead atoms. The third kappa shape index (κ3) is 2.71. The molecule has 2 nitrogen and oxygen atoms in total. The molecule has 0 spiro atoms. The minimum absolute atomic E-state index is 0.824. The van der Waals surface area contributed by atoms with Gasteiger partial charge in [0.15, 0.2) is 0 Å². The van der Waals surface area contributed by atoms with Gasteiger partial charge in [0.05, 0.1) is 13.2 Å². The Morgan fingerprint density at radius 2 is 1.61 bits per heavy atom. The fourth-order valence-corrected chi connectivity index (χ4v) is 3.43. The largest absolute Gasteiger partial charge is 0.378 e. The molecule has 4 rings (SSSR count). The molecule has 0 atom stereocenters. The van der Waals surface area contributed by atoms with Crippen molar-refractivity contribution in [1.82, 2.24) is 0 Å². The Morgan fingerprint density at radius 1 is 0.826 bits per heavy atom. The highest BCUT2D eigenvalue weighted by atomic mass is 16.5. The van der Waals surface area contributed by atoms with Gasteiger partial charge in [-0.25, -0.2) is 0 Å². The average molecular weight is 303 g/mol. The zero-order chi connectivity index (χ0) is 15.6. The van der Waals surface area contributed by atoms with E-state index in [4.69, 9.17) is 4.74 Å². The maximum atomic E-state index is 5.45. The van der Waals surface area contributed by atoms with E-state index in [0.717, 1.165) is 26.3 Å². The minimum atomic E-state index is 0.824. The van der Waals surface area contributed by atoms with Crippen LogP contribution in [0.1, 0.15) is 5.56 Å². The molecule has 1 aliphatic rings. The highest BCUT2D eigenvalue weighted by molar-refractivity contribution is 5.97. The van der Waals surface area contributed by atoms with E-state index in [1.54, 1.807) is 0 Å². The van der Waals surface area contributed by atoms with Crippen molar-refractivity contribution in [3.05, 3.63) is 66.2 Å². The molecular formula is C21H21NO. The van der Waals surface area contributed by atoms with Crippen molar-refractivity contribution in [2.75, 3.05) is 31.2 Å². The number of anilines is 1. The van der Waals surface area contributed by atoms with Crippen molar-refractivity contribution in [1.29, 1.82) is 0 Å². The van der Waals surface area contributed by atoms with E-state index in [2.05, 4.69) is 72.5 Å². The Hall–Kier alpha value is -2.32. The highest BCUT2D eigenvalue weighted by Crippen LogP contribution is 2.32. The Kier molecular flexibility index (Phi) is 3.76. The summed E-state index contributed by atoms with van der Waals surface area (Å²) >= 11 is 0. The summed E-state index contributed by atoms with van der Waals surface area (Å²) in [5.41, 5.74) is 5.26. The molecule has 1 heterocycles. The lowest BCUT2D eigenvalue weighted by Gasteiger charge is -2.29. The summed E-state index contributed by atoms with van der Waals surface area (Å²) in [5, 5.41) is 2.61. The molecule has 0 aromatic heterocycles. The van der Waals surface area contributed by atoms with Crippen molar-refractivity contribution >= 4 is 16.5 Å². The van der Waals surface area contributed by atoms with E-state index >= 15 is 0 Å². The van der Waals surface area contributed by atoms with Gasteiger partial charge in [0.1, 0.15) is 0 Å². The normalized spacial score (nSPS) is 15.1. The molecule has 0 radical (unpaired) electrons. The Bertz CT molecular complexity index is 829. The first-order valence-electron chi connectivity index (χ1n) is 8.24. The maximum Gasteiger partial charge on any atom is 0.0642 e. The van der Waals surface area contributed by atoms with Gasteiger partial charge in [0.2, 0.25) is 0 Å². The van der Waals surface area contributed by atoms with Gasteiger partial charge in [0.25, 0.3) is 0 Å². The molecule has 0 saturated carbocycles. The van der Waals surface area contributed by atoms with Crippen molar-refractivity contribution in [3.63, 3.8) is 0 Å². The zero-order valence-corrected chi connectivity index (χ0v) is 13.5. The molecule has 116 valence electrons. The SMILES string of the molecule is Cc1cc(N2CCOCC2)ccc1-c1cccc2ccccc12. The van der Waals surface area contributed by atoms with Crippen LogP contribution in [0.2, 0.25) is 0 Å². The number of nitrogens with zero attached hydrogens (tertiary/aromatic N) is 1. The van der Waals surface area contributed by atoms with Crippen LogP contribution in [0.4, 0.5) is 5.69 Å². The standard InChI is InChI=1S/C21H21NO/c1-16-15-18(22-11-13-23-14-12-22)9-10-19(16)21-8-4-6-17-5-2-3-7-20(17)21/h2-10,15H,11-14H2,1H3. The number of hydrogen-bond acceptors (Lipinski definition) is 2. The predicted octanol–water partition coefficient (Wildman–Crippen LogP) is 4.65. The molecule has 1 aliphatic heterocycles. The van der Waals surface area contributed by atoms with Gasteiger partial charge in [0, 0.05) is 18.8 Å². The zero-order valence-electron chi connectivity index (χ0n) is 13.5. The summed E-state index contributed by atoms with van der Waals surface area (Å²) in [6, 6.07) is 22.0. The third-order valence-electron chi connectivity index (χ3n) is 4.67. The number of aryl methyl sites for hydroxylation is 1. The second-order valence-electron chi connectivity index (χ2n) is 6.13. The Labute approximate surface area is 137 Å². The van der Waals surface area contributed by atoms with Gasteiger partial charge in [-0.05, 0) is 46.5 Å². The van der Waals surface area contributed by atoms with Crippen LogP contribution in [0.5, 0.6) is 0 Å². The van der Waals surface area contributed by atoms with Crippen LogP contribution < -0.4 is 4.90 Å². The summed E-state index contributed by atoms with van der Waals surface area (Å²) in [7, 11) is 0. The van der Waals surface area contributed by atoms with Crippen LogP contribution in [0.15, 0.2) is 60.7 Å². The maximum absolute atomic E-state index is 5.45. The van der Waals surface area contributed by atoms with E-state index in [0.29, 0.717) is 0 Å². The van der Waals surface area contributed by atoms with Crippen LogP contribution in [0, 0.1) is 6.92 Å². The number of hydrogen-bond donors (Lipinski definition) is 0. The summed E-state index contributed by atoms with van der Waals surface area (Å²) in [6.07, 6.45) is 0. The molecule has 0 aliphatic carbocycles. The summed E-state index contributed by atoms with van der Waals surface area (Å²) in [4.78, 5) is 2.41. The molecule has 1 saturated heterocycles. The average Bonchev–Trinajstić information content (AvgIpc) is 2.62. The number of rotatable bonds is 2. The first-order chi connectivity index (χ1) is 11.3. The van der Waals surface area contributed by atoms with Gasteiger partial charge in [-0.15, -0.1) is 0 Å². The van der Waals surface area contributed by atoms with Gasteiger partial charge in [-0.2, -0.15) is 0 Å². The lowest BCUT2D eigenvalue weighted by molar-refractivity contribution is 0.122. The summed E-state index contributed by atoms with van der Waals surface area (Å²) in [5.74, 6) is 0. The van der Waals surface area contributed by atoms with E-state index in [1.165, 1.54) is 33.2 Å². The molecule has 3 aromatic carbocycles. The van der Waals surface area contributed by atoms with Crippen LogP contribution in [0.25, 0.3) is 21.9 Å². The lowest BCUT2D eigenvalue weighted by atomic mass is 9.95. The molecule has 0 N–H and O–H groups in total. The molecule has 1 fully saturated rings. The molecule has 3 aromatic rings. The molecule has 2 heteroatoms. The number of ether oxygens (including phenoxy) is 1. The molecule has 0 amide bonds. The molecular weight excluding hydrogens is 282 g/mol. The van der Waals surface area contributed by atoms with Gasteiger partial charge < -0.3 is 9.64 Å². The number of benzene rings is 3. The second kappa shape index (κ2) is 6.05. The summed E-state index contributed by atoms with van der Waals surface area (Å²) < 4.78 is 5.45. The van der Waals surface area contributed by atoms with Crippen LogP contribution in [-0.4, -0.2) is 26.3 Å². The fraction of sp³-hybridized carbons (Fsp3) is 0.238. The first-order valence-corrected chi connectivity index (χ1v) is 8.24. The Morgan fingerprint density at radius 3 is 2.43 bits per heavy atom. The van der Waals surface area contributed by atoms with Crippen LogP contribution in [0.3, 0.4) is 0 Å². The highest BCUT2D eigenvalue weighted by Gasteiger charge is 2.13. The molecule has 0 unspecified atom stereocenters. The van der Waals surface area contributed by atoms with E-state index in [-0.39, 0.29) is 0 Å². The van der Waals surface area contributed by atoms with Crippen molar-refractivity contribution in [2.45, 2.75) is 6.92 Å². The van der Waals surface area contributed by atoms with Crippen molar-refractivity contribution in [3.8, 4) is 11.1 Å². The van der Waals surface area contributed by atoms with E-state index in [9.17, 15) is 0 Å². The smallest absolute Gasteiger partial charge is 0.0642 e. The summed E-state index contributed by atoms with van der Waals surface area (Å²) in [6.45, 7) is 5.81. The number of fused-ring (bicyclic) bond motifs is 1. The quantitative estimate of drug-likeness (QED) is 0.683. The van der Waals surface area contributed by atoms with Crippen molar-refractivity contribution in [2.24, 2.45) is 0 Å². The Balaban J connectivity index is 1.76.